The van der Waals surface area contributed by atoms with E-state index >= 15 is 0 Å². The van der Waals surface area contributed by atoms with Gasteiger partial charge in [0.25, 0.3) is 0 Å². The SMILES string of the molecule is CC(Sc1nnc(NC2CC2)s1)/C(O)=C(\C#N)c1nc2ccccc2[nH]1. The minimum atomic E-state index is -0.348. The van der Waals surface area contributed by atoms with Gasteiger partial charge in [0.2, 0.25) is 5.13 Å². The van der Waals surface area contributed by atoms with Crippen LogP contribution in [0.25, 0.3) is 16.6 Å². The normalized spacial score (nSPS) is 16.2. The van der Waals surface area contributed by atoms with Gasteiger partial charge in [-0.1, -0.05) is 35.2 Å². The molecule has 1 atom stereocenters. The molecule has 9 heteroatoms. The van der Waals surface area contributed by atoms with Gasteiger partial charge in [-0.05, 0) is 31.9 Å². The minimum Gasteiger partial charge on any atom is -0.510 e. The standard InChI is InChI=1S/C17H16N6OS2/c1-9(25-17-23-22-16(26-17)19-10-6-7-10)14(24)11(8-18)15-20-12-4-2-3-5-13(12)21-15/h2-5,9-10,24H,6-7H2,1H3,(H,19,22)(H,20,21)/b14-11-. The fraction of sp³-hybridized carbons (Fsp3) is 0.294. The molecule has 1 aromatic carbocycles. The summed E-state index contributed by atoms with van der Waals surface area (Å²) in [7, 11) is 0. The Morgan fingerprint density at radius 3 is 2.96 bits per heavy atom. The van der Waals surface area contributed by atoms with Crippen molar-refractivity contribution in [3.05, 3.63) is 35.8 Å². The molecule has 26 heavy (non-hydrogen) atoms. The maximum absolute atomic E-state index is 10.6. The number of aromatic nitrogens is 4. The van der Waals surface area contributed by atoms with Gasteiger partial charge in [-0.15, -0.1) is 10.2 Å². The van der Waals surface area contributed by atoms with E-state index in [1.165, 1.54) is 35.9 Å². The number of nitriles is 1. The number of hydrogen-bond donors (Lipinski definition) is 3. The average Bonchev–Trinajstić information content (AvgIpc) is 3.17. The molecule has 0 amide bonds. The van der Waals surface area contributed by atoms with Crippen molar-refractivity contribution in [1.29, 1.82) is 5.26 Å². The number of nitrogens with one attached hydrogen (secondary N) is 2. The molecule has 3 aromatic rings. The van der Waals surface area contributed by atoms with Gasteiger partial charge in [0.15, 0.2) is 10.2 Å². The lowest BCUT2D eigenvalue weighted by atomic mass is 10.2. The summed E-state index contributed by atoms with van der Waals surface area (Å²) in [5.41, 5.74) is 1.72. The van der Waals surface area contributed by atoms with E-state index in [1.807, 2.05) is 31.2 Å². The predicted molar refractivity (Wildman–Crippen MR) is 103 cm³/mol. The molecule has 2 aromatic heterocycles. The van der Waals surface area contributed by atoms with Crippen LogP contribution in [0.15, 0.2) is 34.4 Å². The van der Waals surface area contributed by atoms with Crippen LogP contribution in [0, 0.1) is 11.3 Å². The zero-order chi connectivity index (χ0) is 18.1. The van der Waals surface area contributed by atoms with Crippen LogP contribution in [0.2, 0.25) is 0 Å². The lowest BCUT2D eigenvalue weighted by molar-refractivity contribution is 0.402. The largest absolute Gasteiger partial charge is 0.510 e. The van der Waals surface area contributed by atoms with Crippen LogP contribution in [0.1, 0.15) is 25.6 Å². The summed E-state index contributed by atoms with van der Waals surface area (Å²) in [5, 5.41) is 32.1. The molecule has 7 nitrogen and oxygen atoms in total. The molecule has 0 radical (unpaired) electrons. The number of allylic oxidation sites excluding steroid dienone is 1. The number of thioether (sulfide) groups is 1. The minimum absolute atomic E-state index is 0.0246. The first kappa shape index (κ1) is 16.9. The number of H-pyrrole nitrogens is 1. The fourth-order valence-electron chi connectivity index (χ4n) is 2.43. The van der Waals surface area contributed by atoms with Gasteiger partial charge < -0.3 is 15.4 Å². The quantitative estimate of drug-likeness (QED) is 0.335. The summed E-state index contributed by atoms with van der Waals surface area (Å²) in [4.78, 5) is 7.48. The Hall–Kier alpha value is -2.57. The third-order valence-corrected chi connectivity index (χ3v) is 6.02. The second kappa shape index (κ2) is 6.97. The second-order valence-corrected chi connectivity index (χ2v) is 8.59. The van der Waals surface area contributed by atoms with Crippen molar-refractivity contribution in [2.24, 2.45) is 0 Å². The van der Waals surface area contributed by atoms with Gasteiger partial charge in [-0.2, -0.15) is 5.26 Å². The van der Waals surface area contributed by atoms with Crippen molar-refractivity contribution in [1.82, 2.24) is 20.2 Å². The summed E-state index contributed by atoms with van der Waals surface area (Å²) in [6, 6.07) is 10.1. The van der Waals surface area contributed by atoms with Crippen molar-refractivity contribution in [3.63, 3.8) is 0 Å². The van der Waals surface area contributed by atoms with Crippen LogP contribution in [0.3, 0.4) is 0 Å². The lowest BCUT2D eigenvalue weighted by Crippen LogP contribution is -2.04. The molecular weight excluding hydrogens is 368 g/mol. The van der Waals surface area contributed by atoms with Crippen LogP contribution >= 0.6 is 23.1 Å². The van der Waals surface area contributed by atoms with Crippen molar-refractivity contribution in [2.45, 2.75) is 35.4 Å². The number of aliphatic hydroxyl groups is 1. The molecular formula is C17H16N6OS2. The number of aromatic amines is 1. The first-order chi connectivity index (χ1) is 12.6. The van der Waals surface area contributed by atoms with Gasteiger partial charge >= 0.3 is 0 Å². The van der Waals surface area contributed by atoms with Gasteiger partial charge in [-0.3, -0.25) is 0 Å². The molecule has 1 unspecified atom stereocenters. The number of imidazole rings is 1. The Balaban J connectivity index is 1.55. The number of fused-ring (bicyclic) bond motifs is 1. The van der Waals surface area contributed by atoms with E-state index < -0.39 is 0 Å². The van der Waals surface area contributed by atoms with E-state index in [4.69, 9.17) is 0 Å². The van der Waals surface area contributed by atoms with Crippen LogP contribution in [0.5, 0.6) is 0 Å². The number of para-hydroxylation sites is 2. The summed E-state index contributed by atoms with van der Waals surface area (Å²) in [5.74, 6) is 0.343. The number of rotatable bonds is 6. The Morgan fingerprint density at radius 1 is 1.42 bits per heavy atom. The van der Waals surface area contributed by atoms with Gasteiger partial charge in [0, 0.05) is 6.04 Å². The first-order valence-corrected chi connectivity index (χ1v) is 9.88. The Labute approximate surface area is 158 Å². The Morgan fingerprint density at radius 2 is 2.23 bits per heavy atom. The zero-order valence-corrected chi connectivity index (χ0v) is 15.6. The van der Waals surface area contributed by atoms with E-state index in [0.717, 1.165) is 20.5 Å². The van der Waals surface area contributed by atoms with E-state index in [-0.39, 0.29) is 16.6 Å². The monoisotopic (exact) mass is 384 g/mol. The summed E-state index contributed by atoms with van der Waals surface area (Å²) in [6.45, 7) is 1.83. The van der Waals surface area contributed by atoms with Crippen LogP contribution < -0.4 is 5.32 Å². The molecule has 1 aliphatic rings. The van der Waals surface area contributed by atoms with Crippen LogP contribution in [-0.2, 0) is 0 Å². The van der Waals surface area contributed by atoms with Crippen molar-refractivity contribution in [3.8, 4) is 6.07 Å². The highest BCUT2D eigenvalue weighted by atomic mass is 32.2. The molecule has 1 aliphatic carbocycles. The number of anilines is 1. The van der Waals surface area contributed by atoms with Gasteiger partial charge in [0.1, 0.15) is 17.4 Å². The highest BCUT2D eigenvalue weighted by Crippen LogP contribution is 2.35. The molecule has 1 saturated carbocycles. The highest BCUT2D eigenvalue weighted by molar-refractivity contribution is 8.01. The second-order valence-electron chi connectivity index (χ2n) is 6.03. The topological polar surface area (TPSA) is 111 Å². The predicted octanol–water partition coefficient (Wildman–Crippen LogP) is 3.96. The molecule has 0 bridgehead atoms. The summed E-state index contributed by atoms with van der Waals surface area (Å²) >= 11 is 2.82. The fourth-order valence-corrected chi connectivity index (χ4v) is 4.47. The van der Waals surface area contributed by atoms with E-state index in [9.17, 15) is 10.4 Å². The Kier molecular flexibility index (Phi) is 4.53. The number of hydrogen-bond acceptors (Lipinski definition) is 8. The first-order valence-electron chi connectivity index (χ1n) is 8.19. The highest BCUT2D eigenvalue weighted by Gasteiger charge is 2.24. The van der Waals surface area contributed by atoms with Crippen molar-refractivity contribution < 1.29 is 5.11 Å². The average molecular weight is 384 g/mol. The molecule has 132 valence electrons. The van der Waals surface area contributed by atoms with Crippen molar-refractivity contribution in [2.75, 3.05) is 5.32 Å². The number of nitrogens with zero attached hydrogens (tertiary/aromatic N) is 4. The molecule has 4 rings (SSSR count). The van der Waals surface area contributed by atoms with Gasteiger partial charge in [-0.25, -0.2) is 4.98 Å². The molecule has 0 spiro atoms. The number of benzene rings is 1. The molecule has 0 aliphatic heterocycles. The number of aliphatic hydroxyl groups excluding tert-OH is 1. The molecule has 2 heterocycles. The third kappa shape index (κ3) is 3.52. The van der Waals surface area contributed by atoms with E-state index in [1.54, 1.807) is 0 Å². The smallest absolute Gasteiger partial charge is 0.206 e. The van der Waals surface area contributed by atoms with E-state index in [2.05, 4.69) is 31.6 Å². The van der Waals surface area contributed by atoms with Crippen LogP contribution in [0.4, 0.5) is 5.13 Å². The third-order valence-electron chi connectivity index (χ3n) is 3.97. The molecule has 0 saturated heterocycles. The maximum atomic E-state index is 10.6. The zero-order valence-electron chi connectivity index (χ0n) is 13.9. The Bertz CT molecular complexity index is 981. The molecule has 3 N–H and O–H groups in total. The summed E-state index contributed by atoms with van der Waals surface area (Å²) in [6.07, 6.45) is 2.34. The van der Waals surface area contributed by atoms with Crippen molar-refractivity contribution >= 4 is 44.8 Å². The van der Waals surface area contributed by atoms with Crippen LogP contribution in [-0.4, -0.2) is 36.6 Å². The van der Waals surface area contributed by atoms with Gasteiger partial charge in [0.05, 0.1) is 16.3 Å². The van der Waals surface area contributed by atoms with E-state index in [0.29, 0.717) is 11.9 Å². The maximum Gasteiger partial charge on any atom is 0.206 e. The molecule has 1 fully saturated rings. The lowest BCUT2D eigenvalue weighted by Gasteiger charge is -2.09. The summed E-state index contributed by atoms with van der Waals surface area (Å²) < 4.78 is 0.745.